The molecule has 3 aromatic rings. The van der Waals surface area contributed by atoms with Gasteiger partial charge in [0.15, 0.2) is 0 Å². The van der Waals surface area contributed by atoms with Gasteiger partial charge >= 0.3 is 0 Å². The average molecular weight is 411 g/mol. The van der Waals surface area contributed by atoms with Crippen molar-refractivity contribution < 1.29 is 14.3 Å². The summed E-state index contributed by atoms with van der Waals surface area (Å²) in [5.74, 6) is 0.787. The highest BCUT2D eigenvalue weighted by Crippen LogP contribution is 2.36. The molecule has 0 N–H and O–H groups in total. The van der Waals surface area contributed by atoms with Crippen LogP contribution in [0.1, 0.15) is 10.8 Å². The Morgan fingerprint density at radius 2 is 1.83 bits per heavy atom. The number of methoxy groups -OCH3 is 1. The fraction of sp³-hybridized carbons (Fsp3) is 0.300. The third-order valence-corrected chi connectivity index (χ3v) is 5.81. The van der Waals surface area contributed by atoms with Gasteiger partial charge in [0.25, 0.3) is 0 Å². The highest BCUT2D eigenvalue weighted by Gasteiger charge is 2.30. The van der Waals surface area contributed by atoms with Gasteiger partial charge in [0.05, 0.1) is 26.0 Å². The number of thioether (sulfide) groups is 1. The molecule has 0 spiro atoms. The zero-order chi connectivity index (χ0) is 20.1. The monoisotopic (exact) mass is 411 g/mol. The van der Waals surface area contributed by atoms with Crippen LogP contribution in [-0.2, 0) is 9.53 Å². The molecule has 1 aliphatic rings. The molecule has 0 bridgehead atoms. The van der Waals surface area contributed by atoms with Crippen LogP contribution in [0, 0.1) is 0 Å². The maximum absolute atomic E-state index is 13.3. The van der Waals surface area contributed by atoms with Crippen LogP contribution in [0.25, 0.3) is 5.69 Å². The zero-order valence-electron chi connectivity index (χ0n) is 16.0. The number of tetrazole rings is 1. The normalized spacial score (nSPS) is 15.1. The number of morpholine rings is 1. The van der Waals surface area contributed by atoms with E-state index in [9.17, 15) is 4.79 Å². The van der Waals surface area contributed by atoms with Crippen molar-refractivity contribution >= 4 is 17.7 Å². The molecular weight excluding hydrogens is 390 g/mol. The Labute approximate surface area is 172 Å². The molecule has 1 fully saturated rings. The summed E-state index contributed by atoms with van der Waals surface area (Å²) in [6.45, 7) is 2.29. The van der Waals surface area contributed by atoms with Gasteiger partial charge in [-0.05, 0) is 40.3 Å². The van der Waals surface area contributed by atoms with Crippen molar-refractivity contribution in [2.45, 2.75) is 10.4 Å². The zero-order valence-corrected chi connectivity index (χ0v) is 16.8. The smallest absolute Gasteiger partial charge is 0.240 e. The quantitative estimate of drug-likeness (QED) is 0.576. The average Bonchev–Trinajstić information content (AvgIpc) is 3.26. The van der Waals surface area contributed by atoms with E-state index in [1.807, 2.05) is 59.5 Å². The van der Waals surface area contributed by atoms with E-state index in [0.29, 0.717) is 31.5 Å². The van der Waals surface area contributed by atoms with Gasteiger partial charge in [-0.3, -0.25) is 4.79 Å². The van der Waals surface area contributed by atoms with E-state index in [2.05, 4.69) is 15.5 Å². The highest BCUT2D eigenvalue weighted by atomic mass is 32.2. The van der Waals surface area contributed by atoms with Gasteiger partial charge in [-0.25, -0.2) is 0 Å². The summed E-state index contributed by atoms with van der Waals surface area (Å²) < 4.78 is 12.2. The molecule has 1 atom stereocenters. The van der Waals surface area contributed by atoms with Gasteiger partial charge in [0, 0.05) is 13.1 Å². The molecule has 0 saturated carbocycles. The largest absolute Gasteiger partial charge is 0.497 e. The summed E-state index contributed by atoms with van der Waals surface area (Å²) in [7, 11) is 1.62. The topological polar surface area (TPSA) is 82.4 Å². The number of carbonyl (C=O) groups excluding carboxylic acids is 1. The Balaban J connectivity index is 1.63. The lowest BCUT2D eigenvalue weighted by atomic mass is 10.1. The molecule has 0 aliphatic carbocycles. The van der Waals surface area contributed by atoms with Crippen molar-refractivity contribution in [1.29, 1.82) is 0 Å². The standard InChI is InChI=1S/C20H21N5O3S/c1-27-17-9-7-16(8-10-17)25-20(21-22-23-25)29-18(15-5-3-2-4-6-15)19(26)24-11-13-28-14-12-24/h2-10,18H,11-14H2,1H3. The number of amides is 1. The van der Waals surface area contributed by atoms with Crippen molar-refractivity contribution in [2.75, 3.05) is 33.4 Å². The van der Waals surface area contributed by atoms with Crippen molar-refractivity contribution in [3.05, 3.63) is 60.2 Å². The van der Waals surface area contributed by atoms with Crippen LogP contribution in [0.15, 0.2) is 59.8 Å². The van der Waals surface area contributed by atoms with Gasteiger partial charge in [0.1, 0.15) is 11.0 Å². The van der Waals surface area contributed by atoms with Crippen LogP contribution in [0.5, 0.6) is 5.75 Å². The molecular formula is C20H21N5O3S. The molecule has 1 unspecified atom stereocenters. The Morgan fingerprint density at radius 1 is 1.10 bits per heavy atom. The SMILES string of the molecule is COc1ccc(-n2nnnc2SC(C(=O)N2CCOCC2)c2ccccc2)cc1. The van der Waals surface area contributed by atoms with E-state index in [0.717, 1.165) is 17.0 Å². The van der Waals surface area contributed by atoms with E-state index in [-0.39, 0.29) is 5.91 Å². The van der Waals surface area contributed by atoms with E-state index in [4.69, 9.17) is 9.47 Å². The molecule has 1 aromatic heterocycles. The summed E-state index contributed by atoms with van der Waals surface area (Å²) in [4.78, 5) is 15.2. The molecule has 1 aliphatic heterocycles. The lowest BCUT2D eigenvalue weighted by molar-refractivity contribution is -0.134. The first-order valence-corrected chi connectivity index (χ1v) is 10.1. The van der Waals surface area contributed by atoms with Crippen LogP contribution in [-0.4, -0.2) is 64.4 Å². The van der Waals surface area contributed by atoms with Crippen LogP contribution < -0.4 is 4.74 Å². The minimum Gasteiger partial charge on any atom is -0.497 e. The Kier molecular flexibility index (Phi) is 6.06. The lowest BCUT2D eigenvalue weighted by Gasteiger charge is -2.30. The second-order valence-corrected chi connectivity index (χ2v) is 7.49. The summed E-state index contributed by atoms with van der Waals surface area (Å²) in [5.41, 5.74) is 1.71. The third kappa shape index (κ3) is 4.41. The van der Waals surface area contributed by atoms with Crippen molar-refractivity contribution in [3.8, 4) is 11.4 Å². The predicted octanol–water partition coefficient (Wildman–Crippen LogP) is 2.36. The maximum atomic E-state index is 13.3. The Bertz CT molecular complexity index is 942. The first-order valence-electron chi connectivity index (χ1n) is 9.27. The summed E-state index contributed by atoms with van der Waals surface area (Å²) in [6, 6.07) is 17.2. The number of rotatable bonds is 6. The first kappa shape index (κ1) is 19.4. The molecule has 4 rings (SSSR count). The molecule has 0 radical (unpaired) electrons. The van der Waals surface area contributed by atoms with Gasteiger partial charge in [-0.15, -0.1) is 5.10 Å². The summed E-state index contributed by atoms with van der Waals surface area (Å²) in [5, 5.41) is 12.2. The second kappa shape index (κ2) is 9.06. The molecule has 1 saturated heterocycles. The molecule has 2 aromatic carbocycles. The molecule has 29 heavy (non-hydrogen) atoms. The van der Waals surface area contributed by atoms with Crippen molar-refractivity contribution in [3.63, 3.8) is 0 Å². The van der Waals surface area contributed by atoms with Gasteiger partial charge in [-0.2, -0.15) is 4.68 Å². The summed E-state index contributed by atoms with van der Waals surface area (Å²) >= 11 is 1.35. The molecule has 2 heterocycles. The van der Waals surface area contributed by atoms with Crippen LogP contribution in [0.3, 0.4) is 0 Å². The first-order chi connectivity index (χ1) is 14.3. The molecule has 150 valence electrons. The van der Waals surface area contributed by atoms with Gasteiger partial charge in [0.2, 0.25) is 11.1 Å². The van der Waals surface area contributed by atoms with E-state index < -0.39 is 5.25 Å². The fourth-order valence-corrected chi connectivity index (χ4v) is 4.16. The Morgan fingerprint density at radius 3 is 2.52 bits per heavy atom. The Hall–Kier alpha value is -2.91. The maximum Gasteiger partial charge on any atom is 0.240 e. The van der Waals surface area contributed by atoms with E-state index >= 15 is 0 Å². The van der Waals surface area contributed by atoms with Crippen molar-refractivity contribution in [1.82, 2.24) is 25.1 Å². The molecule has 8 nitrogen and oxygen atoms in total. The van der Waals surface area contributed by atoms with E-state index in [1.165, 1.54) is 11.8 Å². The minimum absolute atomic E-state index is 0.0359. The predicted molar refractivity (Wildman–Crippen MR) is 108 cm³/mol. The number of nitrogens with zero attached hydrogens (tertiary/aromatic N) is 5. The van der Waals surface area contributed by atoms with Gasteiger partial charge in [-0.1, -0.05) is 42.1 Å². The van der Waals surface area contributed by atoms with Crippen molar-refractivity contribution in [2.24, 2.45) is 0 Å². The molecule has 1 amide bonds. The van der Waals surface area contributed by atoms with E-state index in [1.54, 1.807) is 11.8 Å². The fourth-order valence-electron chi connectivity index (χ4n) is 3.08. The van der Waals surface area contributed by atoms with Gasteiger partial charge < -0.3 is 14.4 Å². The van der Waals surface area contributed by atoms with Crippen LogP contribution in [0.4, 0.5) is 0 Å². The molecule has 9 heteroatoms. The van der Waals surface area contributed by atoms with Crippen LogP contribution >= 0.6 is 11.8 Å². The number of ether oxygens (including phenoxy) is 2. The number of aromatic nitrogens is 4. The number of carbonyl (C=O) groups is 1. The number of hydrogen-bond donors (Lipinski definition) is 0. The number of hydrogen-bond acceptors (Lipinski definition) is 7. The highest BCUT2D eigenvalue weighted by molar-refractivity contribution is 8.00. The summed E-state index contributed by atoms with van der Waals surface area (Å²) in [6.07, 6.45) is 0. The second-order valence-electron chi connectivity index (χ2n) is 6.42. The third-order valence-electron chi connectivity index (χ3n) is 4.63. The lowest BCUT2D eigenvalue weighted by Crippen LogP contribution is -2.42. The van der Waals surface area contributed by atoms with Crippen LogP contribution in [0.2, 0.25) is 0 Å². The number of benzene rings is 2. The minimum atomic E-state index is -0.447.